The molecule has 1 aromatic heterocycles. The van der Waals surface area contributed by atoms with Crippen molar-refractivity contribution in [3.8, 4) is 0 Å². The number of thioether (sulfide) groups is 1. The largest absolute Gasteiger partial charge is 0.407 e. The fourth-order valence-electron chi connectivity index (χ4n) is 3.66. The first-order valence-electron chi connectivity index (χ1n) is 11.0. The predicted molar refractivity (Wildman–Crippen MR) is 133 cm³/mol. The molecular weight excluding hydrogens is 430 g/mol. The van der Waals surface area contributed by atoms with Gasteiger partial charge in [-0.05, 0) is 28.8 Å². The number of carbonyl (C=O) groups is 1. The summed E-state index contributed by atoms with van der Waals surface area (Å²) in [6, 6.07) is 28.5. The maximum Gasteiger partial charge on any atom is 0.322 e. The smallest absolute Gasteiger partial charge is 0.322 e. The van der Waals surface area contributed by atoms with Gasteiger partial charge in [0.2, 0.25) is 11.8 Å². The number of hydrogen-bond acceptors (Lipinski definition) is 5. The normalized spacial score (nSPS) is 11.2. The van der Waals surface area contributed by atoms with Crippen LogP contribution in [0.4, 0.5) is 6.01 Å². The molecule has 0 aliphatic rings. The van der Waals surface area contributed by atoms with E-state index in [1.165, 1.54) is 4.90 Å². The number of carbonyl (C=O) groups excluding carboxylic acids is 1. The Kier molecular flexibility index (Phi) is 7.58. The molecule has 0 unspecified atom stereocenters. The Morgan fingerprint density at radius 3 is 2.06 bits per heavy atom. The molecule has 0 atom stereocenters. The molecule has 0 aliphatic heterocycles. The first-order valence-corrected chi connectivity index (χ1v) is 11.9. The van der Waals surface area contributed by atoms with Crippen LogP contribution in [0.5, 0.6) is 0 Å². The highest BCUT2D eigenvalue weighted by atomic mass is 32.2. The van der Waals surface area contributed by atoms with Crippen molar-refractivity contribution < 1.29 is 9.21 Å². The molecule has 0 aliphatic carbocycles. The van der Waals surface area contributed by atoms with E-state index in [2.05, 4.69) is 53.6 Å². The van der Waals surface area contributed by atoms with Crippen LogP contribution in [0, 0.1) is 0 Å². The molecule has 6 heteroatoms. The maximum atomic E-state index is 12.8. The Hall–Kier alpha value is -3.38. The van der Waals surface area contributed by atoms with Crippen LogP contribution in [0.15, 0.2) is 94.2 Å². The van der Waals surface area contributed by atoms with Gasteiger partial charge in [0.15, 0.2) is 0 Å². The minimum Gasteiger partial charge on any atom is -0.407 e. The molecule has 1 N–H and O–H groups in total. The summed E-state index contributed by atoms with van der Waals surface area (Å²) in [5, 5.41) is 11.4. The van der Waals surface area contributed by atoms with Crippen LogP contribution >= 0.6 is 11.8 Å². The van der Waals surface area contributed by atoms with E-state index in [4.69, 9.17) is 4.42 Å². The first kappa shape index (κ1) is 22.8. The van der Waals surface area contributed by atoms with Crippen LogP contribution in [-0.2, 0) is 11.2 Å². The molecule has 0 fully saturated rings. The van der Waals surface area contributed by atoms with Gasteiger partial charge in [-0.2, -0.15) is 0 Å². The molecule has 4 aromatic rings. The Morgan fingerprint density at radius 2 is 1.48 bits per heavy atom. The molecule has 0 radical (unpaired) electrons. The van der Waals surface area contributed by atoms with E-state index in [1.54, 1.807) is 0 Å². The van der Waals surface area contributed by atoms with Crippen molar-refractivity contribution in [3.63, 3.8) is 0 Å². The number of rotatable bonds is 9. The summed E-state index contributed by atoms with van der Waals surface area (Å²) in [7, 11) is 0. The highest BCUT2D eigenvalue weighted by Gasteiger charge is 2.19. The molecule has 0 spiro atoms. The minimum absolute atomic E-state index is 0.0583. The average molecular weight is 458 g/mol. The van der Waals surface area contributed by atoms with Gasteiger partial charge in [0.1, 0.15) is 0 Å². The van der Waals surface area contributed by atoms with E-state index in [-0.39, 0.29) is 24.3 Å². The number of nitrogens with zero attached hydrogens (tertiary/aromatic N) is 2. The van der Waals surface area contributed by atoms with Crippen molar-refractivity contribution in [1.82, 2.24) is 10.2 Å². The van der Waals surface area contributed by atoms with E-state index in [0.717, 1.165) is 16.7 Å². The number of amides is 1. The van der Waals surface area contributed by atoms with Crippen LogP contribution in [-0.4, -0.2) is 21.4 Å². The second-order valence-corrected chi connectivity index (χ2v) is 9.76. The third-order valence-corrected chi connectivity index (χ3v) is 6.17. The molecule has 0 bridgehead atoms. The number of aromatic nitrogens is 2. The summed E-state index contributed by atoms with van der Waals surface area (Å²) in [6.45, 7) is 4.35. The molecule has 4 rings (SSSR count). The zero-order valence-electron chi connectivity index (χ0n) is 18.8. The molecule has 168 valence electrons. The van der Waals surface area contributed by atoms with E-state index in [0.29, 0.717) is 17.6 Å². The third-order valence-electron chi connectivity index (χ3n) is 5.16. The second-order valence-electron chi connectivity index (χ2n) is 8.11. The second kappa shape index (κ2) is 11.0. The Morgan fingerprint density at radius 1 is 0.879 bits per heavy atom. The predicted octanol–water partition coefficient (Wildman–Crippen LogP) is 6.32. The Labute approximate surface area is 198 Å². The van der Waals surface area contributed by atoms with Gasteiger partial charge in [-0.3, -0.25) is 10.1 Å². The van der Waals surface area contributed by atoms with Crippen molar-refractivity contribution >= 4 is 23.7 Å². The molecule has 0 saturated carbocycles. The SMILES string of the molecule is CC(C)Sc1ccc(Cc2nnc(NC(=O)CC(c3ccccc3)c3ccccc3)o2)cc1. The summed E-state index contributed by atoms with van der Waals surface area (Å²) in [5.74, 6) is 0.243. The summed E-state index contributed by atoms with van der Waals surface area (Å²) >= 11 is 1.83. The maximum absolute atomic E-state index is 12.8. The number of benzene rings is 3. The zero-order chi connectivity index (χ0) is 23.0. The molecule has 0 saturated heterocycles. The number of hydrogen-bond donors (Lipinski definition) is 1. The lowest BCUT2D eigenvalue weighted by Gasteiger charge is -2.17. The van der Waals surface area contributed by atoms with Crippen LogP contribution < -0.4 is 5.32 Å². The fourth-order valence-corrected chi connectivity index (χ4v) is 4.50. The monoisotopic (exact) mass is 457 g/mol. The van der Waals surface area contributed by atoms with Crippen LogP contribution in [0.2, 0.25) is 0 Å². The summed E-state index contributed by atoms with van der Waals surface area (Å²) in [6.07, 6.45) is 0.798. The van der Waals surface area contributed by atoms with E-state index >= 15 is 0 Å². The average Bonchev–Trinajstić information content (AvgIpc) is 3.26. The van der Waals surface area contributed by atoms with Gasteiger partial charge in [0.05, 0.1) is 6.42 Å². The molecular formula is C27H27N3O2S. The van der Waals surface area contributed by atoms with Gasteiger partial charge in [-0.1, -0.05) is 91.7 Å². The first-order chi connectivity index (χ1) is 16.1. The highest BCUT2D eigenvalue weighted by Crippen LogP contribution is 2.28. The zero-order valence-corrected chi connectivity index (χ0v) is 19.6. The van der Waals surface area contributed by atoms with Gasteiger partial charge < -0.3 is 4.42 Å². The number of anilines is 1. The van der Waals surface area contributed by atoms with Gasteiger partial charge in [0, 0.05) is 22.5 Å². The third kappa shape index (κ3) is 6.56. The summed E-state index contributed by atoms with van der Waals surface area (Å²) < 4.78 is 5.69. The Balaban J connectivity index is 1.39. The van der Waals surface area contributed by atoms with E-state index in [9.17, 15) is 4.79 Å². The lowest BCUT2D eigenvalue weighted by Crippen LogP contribution is -2.16. The molecule has 1 heterocycles. The molecule has 5 nitrogen and oxygen atoms in total. The van der Waals surface area contributed by atoms with Gasteiger partial charge in [-0.25, -0.2) is 0 Å². The van der Waals surface area contributed by atoms with Crippen molar-refractivity contribution in [3.05, 3.63) is 108 Å². The number of nitrogens with one attached hydrogen (secondary N) is 1. The Bertz CT molecular complexity index is 1120. The molecule has 3 aromatic carbocycles. The summed E-state index contributed by atoms with van der Waals surface area (Å²) in [4.78, 5) is 14.1. The standard InChI is InChI=1S/C27H27N3O2S/c1-19(2)33-23-15-13-20(14-16-23)17-26-29-30-27(32-26)28-25(31)18-24(21-9-5-3-6-10-21)22-11-7-4-8-12-22/h3-16,19,24H,17-18H2,1-2H3,(H,28,30,31). The van der Waals surface area contributed by atoms with Gasteiger partial charge in [0.25, 0.3) is 0 Å². The highest BCUT2D eigenvalue weighted by molar-refractivity contribution is 7.99. The fraction of sp³-hybridized carbons (Fsp3) is 0.222. The van der Waals surface area contributed by atoms with Crippen molar-refractivity contribution in [2.75, 3.05) is 5.32 Å². The lowest BCUT2D eigenvalue weighted by atomic mass is 9.88. The topological polar surface area (TPSA) is 68.0 Å². The molecule has 33 heavy (non-hydrogen) atoms. The van der Waals surface area contributed by atoms with Crippen LogP contribution in [0.25, 0.3) is 0 Å². The van der Waals surface area contributed by atoms with Crippen molar-refractivity contribution in [1.29, 1.82) is 0 Å². The van der Waals surface area contributed by atoms with Crippen LogP contribution in [0.3, 0.4) is 0 Å². The van der Waals surface area contributed by atoms with Crippen LogP contribution in [0.1, 0.15) is 48.8 Å². The lowest BCUT2D eigenvalue weighted by molar-refractivity contribution is -0.116. The molecule has 1 amide bonds. The quantitative estimate of drug-likeness (QED) is 0.298. The van der Waals surface area contributed by atoms with Gasteiger partial charge in [-0.15, -0.1) is 16.9 Å². The minimum atomic E-state index is -0.169. The van der Waals surface area contributed by atoms with Crippen molar-refractivity contribution in [2.24, 2.45) is 0 Å². The summed E-state index contributed by atoms with van der Waals surface area (Å²) in [5.41, 5.74) is 3.26. The van der Waals surface area contributed by atoms with Crippen molar-refractivity contribution in [2.45, 2.75) is 42.8 Å². The van der Waals surface area contributed by atoms with E-state index < -0.39 is 0 Å². The van der Waals surface area contributed by atoms with Gasteiger partial charge >= 0.3 is 6.01 Å². The van der Waals surface area contributed by atoms with E-state index in [1.807, 2.05) is 72.4 Å².